The number of hydrogen-bond acceptors (Lipinski definition) is 4. The zero-order valence-corrected chi connectivity index (χ0v) is 11.5. The Balaban J connectivity index is 1.65. The summed E-state index contributed by atoms with van der Waals surface area (Å²) in [7, 11) is 0. The molecule has 0 unspecified atom stereocenters. The van der Waals surface area contributed by atoms with Gasteiger partial charge in [0.1, 0.15) is 17.2 Å². The first kappa shape index (κ1) is 13.9. The van der Waals surface area contributed by atoms with Crippen molar-refractivity contribution in [3.63, 3.8) is 0 Å². The molecular weight excluding hydrogens is 285 g/mol. The number of pyridine rings is 1. The molecule has 6 heteroatoms. The molecule has 0 aliphatic heterocycles. The summed E-state index contributed by atoms with van der Waals surface area (Å²) in [6.45, 7) is 0.222. The summed E-state index contributed by atoms with van der Waals surface area (Å²) in [5.74, 6) is -0.0832. The lowest BCUT2D eigenvalue weighted by molar-refractivity contribution is 0.0945. The standard InChI is InChI=1S/C16H12FN3O2/c17-12-6-4-11(5-7-12)15-9-13(20-22-15)10-19-16(21)14-3-1-2-8-18-14/h1-9H,10H2,(H,19,21). The average molecular weight is 297 g/mol. The Labute approximate surface area is 125 Å². The summed E-state index contributed by atoms with van der Waals surface area (Å²) >= 11 is 0. The molecule has 0 atom stereocenters. The van der Waals surface area contributed by atoms with E-state index in [1.165, 1.54) is 12.1 Å². The third-order valence-electron chi connectivity index (χ3n) is 3.02. The molecule has 0 radical (unpaired) electrons. The first-order valence-corrected chi connectivity index (χ1v) is 6.63. The molecule has 0 aliphatic carbocycles. The van der Waals surface area contributed by atoms with Gasteiger partial charge in [0.25, 0.3) is 5.91 Å². The van der Waals surface area contributed by atoms with Crippen molar-refractivity contribution in [3.8, 4) is 11.3 Å². The number of aromatic nitrogens is 2. The van der Waals surface area contributed by atoms with Gasteiger partial charge in [0, 0.05) is 17.8 Å². The number of amides is 1. The first-order valence-electron chi connectivity index (χ1n) is 6.63. The van der Waals surface area contributed by atoms with Crippen LogP contribution in [0.2, 0.25) is 0 Å². The number of hydrogen-bond donors (Lipinski definition) is 1. The minimum Gasteiger partial charge on any atom is -0.356 e. The Hall–Kier alpha value is -3.02. The minimum absolute atomic E-state index is 0.222. The van der Waals surface area contributed by atoms with Gasteiger partial charge in [0.2, 0.25) is 0 Å². The van der Waals surface area contributed by atoms with Gasteiger partial charge < -0.3 is 9.84 Å². The van der Waals surface area contributed by atoms with Crippen LogP contribution in [0, 0.1) is 5.82 Å². The van der Waals surface area contributed by atoms with Crippen molar-refractivity contribution in [1.82, 2.24) is 15.5 Å². The highest BCUT2D eigenvalue weighted by atomic mass is 19.1. The van der Waals surface area contributed by atoms with Crippen LogP contribution in [0.1, 0.15) is 16.2 Å². The molecule has 2 aromatic heterocycles. The van der Waals surface area contributed by atoms with E-state index in [2.05, 4.69) is 15.5 Å². The van der Waals surface area contributed by atoms with Crippen molar-refractivity contribution in [3.05, 3.63) is 71.9 Å². The van der Waals surface area contributed by atoms with Crippen LogP contribution in [0.5, 0.6) is 0 Å². The van der Waals surface area contributed by atoms with Crippen molar-refractivity contribution in [2.24, 2.45) is 0 Å². The van der Waals surface area contributed by atoms with E-state index in [0.717, 1.165) is 5.56 Å². The number of carbonyl (C=O) groups is 1. The maximum absolute atomic E-state index is 12.9. The quantitative estimate of drug-likeness (QED) is 0.804. The van der Waals surface area contributed by atoms with Crippen molar-refractivity contribution in [2.75, 3.05) is 0 Å². The van der Waals surface area contributed by atoms with Crippen molar-refractivity contribution in [2.45, 2.75) is 6.54 Å². The van der Waals surface area contributed by atoms with Gasteiger partial charge in [0.05, 0.1) is 6.54 Å². The molecule has 0 saturated heterocycles. The number of nitrogens with zero attached hydrogens (tertiary/aromatic N) is 2. The summed E-state index contributed by atoms with van der Waals surface area (Å²) in [5.41, 5.74) is 1.63. The SMILES string of the molecule is O=C(NCc1cc(-c2ccc(F)cc2)on1)c1ccccn1. The van der Waals surface area contributed by atoms with Gasteiger partial charge >= 0.3 is 0 Å². The van der Waals surface area contributed by atoms with E-state index in [4.69, 9.17) is 4.52 Å². The van der Waals surface area contributed by atoms with Crippen LogP contribution in [-0.4, -0.2) is 16.0 Å². The molecule has 3 rings (SSSR count). The van der Waals surface area contributed by atoms with Crippen LogP contribution >= 0.6 is 0 Å². The molecule has 3 aromatic rings. The maximum Gasteiger partial charge on any atom is 0.270 e. The Morgan fingerprint density at radius 1 is 1.18 bits per heavy atom. The number of nitrogens with one attached hydrogen (secondary N) is 1. The van der Waals surface area contributed by atoms with Gasteiger partial charge in [-0.25, -0.2) is 4.39 Å². The summed E-state index contributed by atoms with van der Waals surface area (Å²) in [4.78, 5) is 15.8. The van der Waals surface area contributed by atoms with Crippen LogP contribution in [-0.2, 0) is 6.54 Å². The topological polar surface area (TPSA) is 68.0 Å². The van der Waals surface area contributed by atoms with Crippen LogP contribution < -0.4 is 5.32 Å². The molecule has 0 aliphatic rings. The molecule has 5 nitrogen and oxygen atoms in total. The Morgan fingerprint density at radius 3 is 2.73 bits per heavy atom. The predicted octanol–water partition coefficient (Wildman–Crippen LogP) is 2.81. The highest BCUT2D eigenvalue weighted by Gasteiger charge is 2.10. The van der Waals surface area contributed by atoms with Crippen LogP contribution in [0.3, 0.4) is 0 Å². The summed E-state index contributed by atoms with van der Waals surface area (Å²) in [5, 5.41) is 6.58. The van der Waals surface area contributed by atoms with Crippen molar-refractivity contribution < 1.29 is 13.7 Å². The zero-order valence-electron chi connectivity index (χ0n) is 11.5. The first-order chi connectivity index (χ1) is 10.7. The number of halogens is 1. The van der Waals surface area contributed by atoms with Gasteiger partial charge in [-0.1, -0.05) is 11.2 Å². The fourth-order valence-electron chi connectivity index (χ4n) is 1.90. The van der Waals surface area contributed by atoms with Gasteiger partial charge in [0.15, 0.2) is 5.76 Å². The highest BCUT2D eigenvalue weighted by molar-refractivity contribution is 5.92. The smallest absolute Gasteiger partial charge is 0.270 e. The largest absolute Gasteiger partial charge is 0.356 e. The molecule has 1 amide bonds. The molecule has 0 fully saturated rings. The second-order valence-corrected chi connectivity index (χ2v) is 4.59. The molecule has 0 bridgehead atoms. The number of carbonyl (C=O) groups excluding carboxylic acids is 1. The average Bonchev–Trinajstić information content (AvgIpc) is 3.03. The van der Waals surface area contributed by atoms with Crippen LogP contribution in [0.4, 0.5) is 4.39 Å². The summed E-state index contributed by atoms with van der Waals surface area (Å²) in [6, 6.07) is 12.7. The summed E-state index contributed by atoms with van der Waals surface area (Å²) < 4.78 is 18.1. The molecule has 2 heterocycles. The lowest BCUT2D eigenvalue weighted by Crippen LogP contribution is -2.23. The monoisotopic (exact) mass is 297 g/mol. The summed E-state index contributed by atoms with van der Waals surface area (Å²) in [6.07, 6.45) is 1.55. The Bertz CT molecular complexity index is 770. The van der Waals surface area contributed by atoms with Gasteiger partial charge in [-0.15, -0.1) is 0 Å². The van der Waals surface area contributed by atoms with Gasteiger partial charge in [-0.3, -0.25) is 9.78 Å². The van der Waals surface area contributed by atoms with E-state index in [0.29, 0.717) is 17.1 Å². The van der Waals surface area contributed by atoms with Gasteiger partial charge in [-0.2, -0.15) is 0 Å². The second-order valence-electron chi connectivity index (χ2n) is 4.59. The number of benzene rings is 1. The molecule has 1 N–H and O–H groups in total. The third-order valence-corrected chi connectivity index (χ3v) is 3.02. The highest BCUT2D eigenvalue weighted by Crippen LogP contribution is 2.20. The lowest BCUT2D eigenvalue weighted by atomic mass is 10.1. The van der Waals surface area contributed by atoms with E-state index in [1.807, 2.05) is 0 Å². The van der Waals surface area contributed by atoms with E-state index in [1.54, 1.807) is 42.6 Å². The van der Waals surface area contributed by atoms with E-state index >= 15 is 0 Å². The molecule has 0 spiro atoms. The molecule has 22 heavy (non-hydrogen) atoms. The molecule has 110 valence electrons. The van der Waals surface area contributed by atoms with Crippen molar-refractivity contribution in [1.29, 1.82) is 0 Å². The third kappa shape index (κ3) is 3.17. The van der Waals surface area contributed by atoms with Gasteiger partial charge in [-0.05, 0) is 36.4 Å². The molecular formula is C16H12FN3O2. The fourth-order valence-corrected chi connectivity index (χ4v) is 1.90. The van der Waals surface area contributed by atoms with Crippen LogP contribution in [0.15, 0.2) is 59.3 Å². The van der Waals surface area contributed by atoms with Crippen LogP contribution in [0.25, 0.3) is 11.3 Å². The fraction of sp³-hybridized carbons (Fsp3) is 0.0625. The Morgan fingerprint density at radius 2 is 2.00 bits per heavy atom. The molecule has 0 saturated carbocycles. The normalized spacial score (nSPS) is 10.4. The van der Waals surface area contributed by atoms with E-state index < -0.39 is 0 Å². The number of rotatable bonds is 4. The van der Waals surface area contributed by atoms with E-state index in [9.17, 15) is 9.18 Å². The second kappa shape index (κ2) is 6.17. The lowest BCUT2D eigenvalue weighted by Gasteiger charge is -2.01. The molecule has 1 aromatic carbocycles. The maximum atomic E-state index is 12.9. The van der Waals surface area contributed by atoms with E-state index in [-0.39, 0.29) is 18.3 Å². The minimum atomic E-state index is -0.314. The predicted molar refractivity (Wildman–Crippen MR) is 77.3 cm³/mol. The van der Waals surface area contributed by atoms with Crippen molar-refractivity contribution >= 4 is 5.91 Å². The zero-order chi connectivity index (χ0) is 15.4. The Kier molecular flexibility index (Phi) is 3.91.